The quantitative estimate of drug-likeness (QED) is 0.344. The van der Waals surface area contributed by atoms with Gasteiger partial charge in [-0.15, -0.1) is 0 Å². The number of imidazole rings is 1. The first-order valence-electron chi connectivity index (χ1n) is 10.7. The summed E-state index contributed by atoms with van der Waals surface area (Å²) >= 11 is 0. The first-order chi connectivity index (χ1) is 15.7. The lowest BCUT2D eigenvalue weighted by Crippen LogP contribution is -2.15. The van der Waals surface area contributed by atoms with E-state index >= 15 is 0 Å². The van der Waals surface area contributed by atoms with Gasteiger partial charge in [0.15, 0.2) is 0 Å². The summed E-state index contributed by atoms with van der Waals surface area (Å²) in [4.78, 5) is 19.2. The topological polar surface area (TPSA) is 88.8 Å². The van der Waals surface area contributed by atoms with E-state index in [0.29, 0.717) is 12.3 Å². The molecule has 4 N–H and O–H groups in total. The molecule has 0 saturated carbocycles. The Bertz CT molecular complexity index is 1400. The van der Waals surface area contributed by atoms with Crippen molar-refractivity contribution in [1.82, 2.24) is 14.5 Å². The highest BCUT2D eigenvalue weighted by Crippen LogP contribution is 2.34. The second kappa shape index (κ2) is 8.61. The highest BCUT2D eigenvalue weighted by atomic mass is 16.5. The van der Waals surface area contributed by atoms with Crippen LogP contribution in [0.25, 0.3) is 27.8 Å². The van der Waals surface area contributed by atoms with Crippen molar-refractivity contribution < 1.29 is 4.74 Å². The Morgan fingerprint density at radius 2 is 1.59 bits per heavy atom. The third-order valence-electron chi connectivity index (χ3n) is 5.52. The number of ether oxygens (including phenoxy) is 1. The molecule has 0 fully saturated rings. The Morgan fingerprint density at radius 3 is 2.38 bits per heavy atom. The van der Waals surface area contributed by atoms with E-state index in [1.807, 2.05) is 66.7 Å². The van der Waals surface area contributed by atoms with Crippen LogP contribution in [-0.2, 0) is 6.42 Å². The molecule has 0 radical (unpaired) electrons. The second-order valence-electron chi connectivity index (χ2n) is 7.64. The van der Waals surface area contributed by atoms with Crippen LogP contribution >= 0.6 is 0 Å². The molecule has 0 saturated heterocycles. The molecule has 0 spiro atoms. The van der Waals surface area contributed by atoms with E-state index in [2.05, 4.69) is 22.1 Å². The molecule has 2 aromatic heterocycles. The summed E-state index contributed by atoms with van der Waals surface area (Å²) in [5, 5.41) is 1.08. The SMILES string of the molecule is NCCCc1[nH]c2ccccc2c1-c1c[nH]c(=O)n1-c1ccc(Oc2ccccc2)cc1. The van der Waals surface area contributed by atoms with Crippen molar-refractivity contribution in [2.45, 2.75) is 12.8 Å². The molecule has 32 heavy (non-hydrogen) atoms. The van der Waals surface area contributed by atoms with Crippen LogP contribution < -0.4 is 16.2 Å². The van der Waals surface area contributed by atoms with Gasteiger partial charge in [0.1, 0.15) is 11.5 Å². The van der Waals surface area contributed by atoms with E-state index in [4.69, 9.17) is 10.5 Å². The van der Waals surface area contributed by atoms with Gasteiger partial charge >= 0.3 is 5.69 Å². The van der Waals surface area contributed by atoms with Crippen molar-refractivity contribution in [2.75, 3.05) is 6.54 Å². The number of fused-ring (bicyclic) bond motifs is 1. The number of H-pyrrole nitrogens is 2. The van der Waals surface area contributed by atoms with Gasteiger partial charge in [0.05, 0.1) is 11.4 Å². The molecule has 3 aromatic carbocycles. The molecule has 0 aliphatic rings. The van der Waals surface area contributed by atoms with Gasteiger partial charge in [-0.25, -0.2) is 4.79 Å². The zero-order chi connectivity index (χ0) is 21.9. The predicted octanol–water partition coefficient (Wildman–Crippen LogP) is 5.00. The molecule has 0 unspecified atom stereocenters. The Morgan fingerprint density at radius 1 is 0.875 bits per heavy atom. The first-order valence-corrected chi connectivity index (χ1v) is 10.7. The molecular weight excluding hydrogens is 400 g/mol. The molecular formula is C26H24N4O2. The molecule has 5 rings (SSSR count). The summed E-state index contributed by atoms with van der Waals surface area (Å²) in [6.07, 6.45) is 3.45. The highest BCUT2D eigenvalue weighted by Gasteiger charge is 2.19. The van der Waals surface area contributed by atoms with Crippen molar-refractivity contribution in [1.29, 1.82) is 0 Å². The van der Waals surface area contributed by atoms with Crippen molar-refractivity contribution in [3.63, 3.8) is 0 Å². The summed E-state index contributed by atoms with van der Waals surface area (Å²) in [5.74, 6) is 1.48. The Balaban J connectivity index is 1.57. The summed E-state index contributed by atoms with van der Waals surface area (Å²) in [6.45, 7) is 0.609. The summed E-state index contributed by atoms with van der Waals surface area (Å²) < 4.78 is 7.59. The van der Waals surface area contributed by atoms with Crippen LogP contribution in [0.5, 0.6) is 11.5 Å². The van der Waals surface area contributed by atoms with Crippen LogP contribution in [0.1, 0.15) is 12.1 Å². The number of benzene rings is 3. The predicted molar refractivity (Wildman–Crippen MR) is 128 cm³/mol. The first kappa shape index (κ1) is 19.9. The molecule has 2 heterocycles. The average Bonchev–Trinajstić information content (AvgIpc) is 3.38. The van der Waals surface area contributed by atoms with E-state index < -0.39 is 0 Å². The molecule has 0 amide bonds. The maximum atomic E-state index is 12.8. The lowest BCUT2D eigenvalue weighted by atomic mass is 10.0. The average molecular weight is 425 g/mol. The minimum atomic E-state index is -0.188. The van der Waals surface area contributed by atoms with Crippen molar-refractivity contribution >= 4 is 10.9 Å². The minimum Gasteiger partial charge on any atom is -0.457 e. The van der Waals surface area contributed by atoms with Crippen LogP contribution in [0.2, 0.25) is 0 Å². The Labute approximate surface area is 185 Å². The van der Waals surface area contributed by atoms with E-state index in [0.717, 1.165) is 52.1 Å². The monoisotopic (exact) mass is 424 g/mol. The smallest absolute Gasteiger partial charge is 0.330 e. The molecule has 6 nitrogen and oxygen atoms in total. The summed E-state index contributed by atoms with van der Waals surface area (Å²) in [7, 11) is 0. The van der Waals surface area contributed by atoms with E-state index in [1.165, 1.54) is 0 Å². The van der Waals surface area contributed by atoms with E-state index in [9.17, 15) is 4.79 Å². The lowest BCUT2D eigenvalue weighted by molar-refractivity contribution is 0.482. The standard InChI is InChI=1S/C26H24N4O2/c27-16-6-11-23-25(21-9-4-5-10-22(21)29-23)24-17-28-26(31)30(24)18-12-14-20(15-13-18)32-19-7-2-1-3-8-19/h1-5,7-10,12-15,17,29H,6,11,16,27H2,(H,28,31). The normalized spacial score (nSPS) is 11.2. The zero-order valence-corrected chi connectivity index (χ0v) is 17.5. The molecule has 6 heteroatoms. The van der Waals surface area contributed by atoms with E-state index in [1.54, 1.807) is 10.8 Å². The fourth-order valence-electron chi connectivity index (χ4n) is 4.05. The third kappa shape index (κ3) is 3.72. The van der Waals surface area contributed by atoms with Gasteiger partial charge in [-0.05, 0) is 61.9 Å². The van der Waals surface area contributed by atoms with Gasteiger partial charge in [0.2, 0.25) is 0 Å². The minimum absolute atomic E-state index is 0.188. The number of rotatable bonds is 7. The number of nitrogens with two attached hydrogens (primary N) is 1. The van der Waals surface area contributed by atoms with Crippen molar-refractivity contribution in [3.8, 4) is 28.4 Å². The number of para-hydroxylation sites is 2. The van der Waals surface area contributed by atoms with Gasteiger partial charge in [-0.1, -0.05) is 36.4 Å². The van der Waals surface area contributed by atoms with Crippen LogP contribution in [0.3, 0.4) is 0 Å². The van der Waals surface area contributed by atoms with E-state index in [-0.39, 0.29) is 5.69 Å². The molecule has 0 aliphatic carbocycles. The number of aromatic nitrogens is 3. The molecule has 0 aliphatic heterocycles. The highest BCUT2D eigenvalue weighted by molar-refractivity contribution is 5.97. The number of nitrogens with zero attached hydrogens (tertiary/aromatic N) is 1. The molecule has 0 atom stereocenters. The number of nitrogens with one attached hydrogen (secondary N) is 2. The van der Waals surface area contributed by atoms with Crippen LogP contribution in [0.15, 0.2) is 89.9 Å². The fraction of sp³-hybridized carbons (Fsp3) is 0.115. The number of aryl methyl sites for hydroxylation is 1. The van der Waals surface area contributed by atoms with Crippen molar-refractivity contribution in [2.24, 2.45) is 5.73 Å². The number of aromatic amines is 2. The van der Waals surface area contributed by atoms with Gasteiger partial charge < -0.3 is 20.4 Å². The van der Waals surface area contributed by atoms with Gasteiger partial charge in [0, 0.05) is 28.4 Å². The maximum absolute atomic E-state index is 12.8. The number of hydrogen-bond donors (Lipinski definition) is 3. The summed E-state index contributed by atoms with van der Waals surface area (Å²) in [6, 6.07) is 25.3. The summed E-state index contributed by atoms with van der Waals surface area (Å²) in [5.41, 5.74) is 10.3. The molecule has 160 valence electrons. The van der Waals surface area contributed by atoms with Crippen LogP contribution in [0.4, 0.5) is 0 Å². The largest absolute Gasteiger partial charge is 0.457 e. The molecule has 5 aromatic rings. The number of hydrogen-bond acceptors (Lipinski definition) is 3. The van der Waals surface area contributed by atoms with Crippen molar-refractivity contribution in [3.05, 3.63) is 101 Å². The third-order valence-corrected chi connectivity index (χ3v) is 5.52. The van der Waals surface area contributed by atoms with Gasteiger partial charge in [-0.3, -0.25) is 4.57 Å². The maximum Gasteiger partial charge on any atom is 0.330 e. The molecule has 0 bridgehead atoms. The van der Waals surface area contributed by atoms with Gasteiger partial charge in [-0.2, -0.15) is 0 Å². The fourth-order valence-corrected chi connectivity index (χ4v) is 4.05. The second-order valence-corrected chi connectivity index (χ2v) is 7.64. The Kier molecular flexibility index (Phi) is 5.35. The van der Waals surface area contributed by atoms with Gasteiger partial charge in [0.25, 0.3) is 0 Å². The lowest BCUT2D eigenvalue weighted by Gasteiger charge is -2.11. The van der Waals surface area contributed by atoms with Crippen LogP contribution in [-0.4, -0.2) is 21.1 Å². The zero-order valence-electron chi connectivity index (χ0n) is 17.5. The van der Waals surface area contributed by atoms with Crippen LogP contribution in [0, 0.1) is 0 Å². The Hall–Kier alpha value is -4.03.